The van der Waals surface area contributed by atoms with Gasteiger partial charge in [0, 0.05) is 6.54 Å². The lowest BCUT2D eigenvalue weighted by Crippen LogP contribution is -2.34. The topological polar surface area (TPSA) is 32.3 Å². The normalized spacial score (nSPS) is 24.4. The second-order valence-corrected chi connectivity index (χ2v) is 5.54. The molecular weight excluding hydrogens is 243 g/mol. The quantitative estimate of drug-likeness (QED) is 0.907. The Labute approximate surface area is 112 Å². The minimum Gasteiger partial charge on any atom is -0.322 e. The molecule has 1 heterocycles. The molecule has 3 rings (SSSR count). The van der Waals surface area contributed by atoms with Gasteiger partial charge in [0.05, 0.1) is 6.54 Å². The third kappa shape index (κ3) is 2.63. The van der Waals surface area contributed by atoms with Gasteiger partial charge in [0.15, 0.2) is 0 Å². The molecule has 1 amide bonds. The molecule has 1 saturated carbocycles. The van der Waals surface area contributed by atoms with Crippen LogP contribution in [0, 0.1) is 11.7 Å². The van der Waals surface area contributed by atoms with Crippen molar-refractivity contribution in [1.29, 1.82) is 0 Å². The zero-order valence-electron chi connectivity index (χ0n) is 10.9. The van der Waals surface area contributed by atoms with Gasteiger partial charge in [0.2, 0.25) is 5.91 Å². The first-order chi connectivity index (χ1) is 9.24. The second-order valence-electron chi connectivity index (χ2n) is 5.54. The van der Waals surface area contributed by atoms with E-state index in [0.29, 0.717) is 12.5 Å². The van der Waals surface area contributed by atoms with Crippen LogP contribution in [0.2, 0.25) is 0 Å². The number of carbonyl (C=O) groups is 1. The van der Waals surface area contributed by atoms with Crippen LogP contribution in [0.1, 0.15) is 37.4 Å². The van der Waals surface area contributed by atoms with E-state index >= 15 is 0 Å². The Kier molecular flexibility index (Phi) is 3.51. The van der Waals surface area contributed by atoms with E-state index in [9.17, 15) is 9.18 Å². The van der Waals surface area contributed by atoms with Gasteiger partial charge < -0.3 is 4.90 Å². The summed E-state index contributed by atoms with van der Waals surface area (Å²) in [6.07, 6.45) is 4.79. The summed E-state index contributed by atoms with van der Waals surface area (Å²) < 4.78 is 13.3. The van der Waals surface area contributed by atoms with Crippen molar-refractivity contribution in [3.05, 3.63) is 35.6 Å². The van der Waals surface area contributed by atoms with Gasteiger partial charge >= 0.3 is 0 Å². The first-order valence-electron chi connectivity index (χ1n) is 7.02. The smallest absolute Gasteiger partial charge is 0.238 e. The first-order valence-corrected chi connectivity index (χ1v) is 7.02. The van der Waals surface area contributed by atoms with Crippen molar-refractivity contribution >= 4 is 5.91 Å². The maximum absolute atomic E-state index is 13.3. The van der Waals surface area contributed by atoms with Gasteiger partial charge in [-0.05, 0) is 36.5 Å². The number of benzene rings is 1. The van der Waals surface area contributed by atoms with Crippen LogP contribution in [0.25, 0.3) is 0 Å². The molecule has 1 N–H and O–H groups in total. The SMILES string of the molecule is O=C1CNC(c2cccc(F)c2)N1CC1CCCC1. The summed E-state index contributed by atoms with van der Waals surface area (Å²) in [7, 11) is 0. The summed E-state index contributed by atoms with van der Waals surface area (Å²) in [5.74, 6) is 0.487. The van der Waals surface area contributed by atoms with Crippen LogP contribution in [-0.4, -0.2) is 23.9 Å². The molecule has 19 heavy (non-hydrogen) atoms. The van der Waals surface area contributed by atoms with Crippen molar-refractivity contribution in [1.82, 2.24) is 10.2 Å². The average Bonchev–Trinajstić information content (AvgIpc) is 3.01. The van der Waals surface area contributed by atoms with E-state index < -0.39 is 0 Å². The molecule has 3 nitrogen and oxygen atoms in total. The highest BCUT2D eigenvalue weighted by Gasteiger charge is 2.33. The van der Waals surface area contributed by atoms with Crippen molar-refractivity contribution in [3.63, 3.8) is 0 Å². The van der Waals surface area contributed by atoms with Gasteiger partial charge in [-0.25, -0.2) is 4.39 Å². The largest absolute Gasteiger partial charge is 0.322 e. The molecule has 4 heteroatoms. The molecule has 1 aromatic carbocycles. The number of carbonyl (C=O) groups excluding carboxylic acids is 1. The monoisotopic (exact) mass is 262 g/mol. The number of halogens is 1. The minimum absolute atomic E-state index is 0.126. The number of hydrogen-bond acceptors (Lipinski definition) is 2. The van der Waals surface area contributed by atoms with Gasteiger partial charge in [0.25, 0.3) is 0 Å². The van der Waals surface area contributed by atoms with Crippen molar-refractivity contribution in [2.45, 2.75) is 31.8 Å². The predicted octanol–water partition coefficient (Wildman–Crippen LogP) is 2.45. The van der Waals surface area contributed by atoms with Crippen molar-refractivity contribution in [3.8, 4) is 0 Å². The molecule has 2 aliphatic rings. The van der Waals surface area contributed by atoms with E-state index in [0.717, 1.165) is 12.1 Å². The summed E-state index contributed by atoms with van der Waals surface area (Å²) in [6, 6.07) is 6.52. The summed E-state index contributed by atoms with van der Waals surface area (Å²) in [5, 5.41) is 3.18. The van der Waals surface area contributed by atoms with Crippen LogP contribution in [0.15, 0.2) is 24.3 Å². The van der Waals surface area contributed by atoms with Crippen molar-refractivity contribution < 1.29 is 9.18 Å². The van der Waals surface area contributed by atoms with Crippen LogP contribution < -0.4 is 5.32 Å². The minimum atomic E-state index is -0.250. The molecule has 102 valence electrons. The van der Waals surface area contributed by atoms with Crippen LogP contribution >= 0.6 is 0 Å². The van der Waals surface area contributed by atoms with Gasteiger partial charge in [0.1, 0.15) is 12.0 Å². The van der Waals surface area contributed by atoms with Gasteiger partial charge in [-0.3, -0.25) is 10.1 Å². The zero-order chi connectivity index (χ0) is 13.2. The molecule has 1 aliphatic heterocycles. The summed E-state index contributed by atoms with van der Waals surface area (Å²) in [4.78, 5) is 13.9. The van der Waals surface area contributed by atoms with Crippen LogP contribution in [0.5, 0.6) is 0 Å². The first kappa shape index (κ1) is 12.6. The van der Waals surface area contributed by atoms with E-state index in [1.165, 1.54) is 37.8 Å². The predicted molar refractivity (Wildman–Crippen MR) is 70.8 cm³/mol. The number of amides is 1. The lowest BCUT2D eigenvalue weighted by atomic mass is 10.1. The molecule has 0 bridgehead atoms. The Morgan fingerprint density at radius 3 is 2.84 bits per heavy atom. The van der Waals surface area contributed by atoms with E-state index in [1.807, 2.05) is 11.0 Å². The maximum atomic E-state index is 13.3. The lowest BCUT2D eigenvalue weighted by molar-refractivity contribution is -0.128. The molecule has 0 spiro atoms. The molecule has 0 radical (unpaired) electrons. The molecule has 2 fully saturated rings. The number of rotatable bonds is 3. The van der Waals surface area contributed by atoms with Gasteiger partial charge in [-0.15, -0.1) is 0 Å². The van der Waals surface area contributed by atoms with Crippen molar-refractivity contribution in [2.24, 2.45) is 5.92 Å². The third-order valence-corrected chi connectivity index (χ3v) is 4.17. The van der Waals surface area contributed by atoms with Crippen LogP contribution in [0.4, 0.5) is 4.39 Å². The molecular formula is C15H19FN2O. The van der Waals surface area contributed by atoms with Crippen LogP contribution in [-0.2, 0) is 4.79 Å². The van der Waals surface area contributed by atoms with Crippen molar-refractivity contribution in [2.75, 3.05) is 13.1 Å². The lowest BCUT2D eigenvalue weighted by Gasteiger charge is -2.27. The summed E-state index contributed by atoms with van der Waals surface area (Å²) in [6.45, 7) is 1.15. The molecule has 1 aromatic rings. The second kappa shape index (κ2) is 5.29. The standard InChI is InChI=1S/C15H19FN2O/c16-13-7-3-6-12(8-13)15-17-9-14(19)18(15)10-11-4-1-2-5-11/h3,6-8,11,15,17H,1-2,4-5,9-10H2. The average molecular weight is 262 g/mol. The molecule has 0 aromatic heterocycles. The molecule has 1 atom stereocenters. The molecule has 1 unspecified atom stereocenters. The zero-order valence-corrected chi connectivity index (χ0v) is 10.9. The fraction of sp³-hybridized carbons (Fsp3) is 0.533. The highest BCUT2D eigenvalue weighted by atomic mass is 19.1. The Morgan fingerprint density at radius 2 is 2.11 bits per heavy atom. The Morgan fingerprint density at radius 1 is 1.32 bits per heavy atom. The number of hydrogen-bond donors (Lipinski definition) is 1. The number of nitrogens with zero attached hydrogens (tertiary/aromatic N) is 1. The fourth-order valence-electron chi connectivity index (χ4n) is 3.19. The Hall–Kier alpha value is -1.42. The highest BCUT2D eigenvalue weighted by Crippen LogP contribution is 2.30. The van der Waals surface area contributed by atoms with Crippen LogP contribution in [0.3, 0.4) is 0 Å². The Bertz CT molecular complexity index is 471. The van der Waals surface area contributed by atoms with E-state index in [-0.39, 0.29) is 17.9 Å². The molecule has 1 saturated heterocycles. The molecule has 1 aliphatic carbocycles. The summed E-state index contributed by atoms with van der Waals surface area (Å²) >= 11 is 0. The van der Waals surface area contributed by atoms with Gasteiger partial charge in [-0.2, -0.15) is 0 Å². The maximum Gasteiger partial charge on any atom is 0.238 e. The fourth-order valence-corrected chi connectivity index (χ4v) is 3.19. The van der Waals surface area contributed by atoms with Gasteiger partial charge in [-0.1, -0.05) is 25.0 Å². The van der Waals surface area contributed by atoms with E-state index in [2.05, 4.69) is 5.32 Å². The van der Waals surface area contributed by atoms with E-state index in [1.54, 1.807) is 6.07 Å². The van der Waals surface area contributed by atoms with E-state index in [4.69, 9.17) is 0 Å². The number of nitrogens with one attached hydrogen (secondary N) is 1. The summed E-state index contributed by atoms with van der Waals surface area (Å²) in [5.41, 5.74) is 0.837. The highest BCUT2D eigenvalue weighted by molar-refractivity contribution is 5.81. The third-order valence-electron chi connectivity index (χ3n) is 4.17. The Balaban J connectivity index is 1.77.